The Morgan fingerprint density at radius 2 is 2.12 bits per heavy atom. The first kappa shape index (κ1) is 13.6. The molecular formula is C12H23N3S. The van der Waals surface area contributed by atoms with Crippen molar-refractivity contribution in [2.45, 2.75) is 38.0 Å². The number of nitrogens with one attached hydrogen (secondary N) is 1. The van der Waals surface area contributed by atoms with Crippen molar-refractivity contribution in [1.29, 1.82) is 0 Å². The van der Waals surface area contributed by atoms with Crippen molar-refractivity contribution in [2.24, 2.45) is 7.05 Å². The van der Waals surface area contributed by atoms with E-state index in [0.29, 0.717) is 4.75 Å². The molecule has 0 atom stereocenters. The second kappa shape index (κ2) is 6.30. The van der Waals surface area contributed by atoms with Crippen LogP contribution >= 0.6 is 11.8 Å². The van der Waals surface area contributed by atoms with E-state index in [-0.39, 0.29) is 0 Å². The maximum Gasteiger partial charge on any atom is 0.122 e. The molecule has 0 spiro atoms. The van der Waals surface area contributed by atoms with Crippen LogP contribution in [-0.2, 0) is 13.6 Å². The lowest BCUT2D eigenvalue weighted by Crippen LogP contribution is -2.36. The third-order valence-electron chi connectivity index (χ3n) is 3.37. The quantitative estimate of drug-likeness (QED) is 0.795. The van der Waals surface area contributed by atoms with Crippen LogP contribution in [0, 0.1) is 0 Å². The fraction of sp³-hybridized carbons (Fsp3) is 0.750. The predicted molar refractivity (Wildman–Crippen MR) is 71.7 cm³/mol. The number of aryl methyl sites for hydroxylation is 1. The number of rotatable bonds is 7. The first-order chi connectivity index (χ1) is 7.67. The molecule has 92 valence electrons. The minimum atomic E-state index is 0.380. The Kier molecular flexibility index (Phi) is 5.35. The first-order valence-corrected chi connectivity index (χ1v) is 7.12. The van der Waals surface area contributed by atoms with Crippen molar-refractivity contribution in [2.75, 3.05) is 12.8 Å². The first-order valence-electron chi connectivity index (χ1n) is 5.89. The molecule has 0 saturated heterocycles. The summed E-state index contributed by atoms with van der Waals surface area (Å²) in [6, 6.07) is 0. The molecule has 0 fully saturated rings. The molecule has 1 rings (SSSR count). The highest BCUT2D eigenvalue weighted by atomic mass is 32.2. The zero-order valence-electron chi connectivity index (χ0n) is 10.8. The van der Waals surface area contributed by atoms with Crippen LogP contribution in [0.2, 0.25) is 0 Å². The standard InChI is InChI=1S/C12H23N3S/c1-5-12(6-2,16-4)10-13-9-11-14-7-8-15(11)3/h7-8,13H,5-6,9-10H2,1-4H3. The summed E-state index contributed by atoms with van der Waals surface area (Å²) in [4.78, 5) is 4.31. The molecule has 0 aliphatic heterocycles. The van der Waals surface area contributed by atoms with Gasteiger partial charge in [0.1, 0.15) is 5.82 Å². The van der Waals surface area contributed by atoms with Crippen LogP contribution in [0.1, 0.15) is 32.5 Å². The van der Waals surface area contributed by atoms with Gasteiger partial charge in [0.25, 0.3) is 0 Å². The van der Waals surface area contributed by atoms with E-state index in [4.69, 9.17) is 0 Å². The van der Waals surface area contributed by atoms with Gasteiger partial charge in [-0.3, -0.25) is 0 Å². The molecule has 0 aromatic carbocycles. The van der Waals surface area contributed by atoms with Crippen molar-refractivity contribution < 1.29 is 0 Å². The summed E-state index contributed by atoms with van der Waals surface area (Å²) < 4.78 is 2.44. The predicted octanol–water partition coefficient (Wildman–Crippen LogP) is 2.43. The molecule has 0 saturated carbocycles. The van der Waals surface area contributed by atoms with Crippen LogP contribution in [0.25, 0.3) is 0 Å². The van der Waals surface area contributed by atoms with Crippen molar-refractivity contribution >= 4 is 11.8 Å². The van der Waals surface area contributed by atoms with Gasteiger partial charge in [-0.05, 0) is 19.1 Å². The molecule has 1 aromatic rings. The van der Waals surface area contributed by atoms with E-state index >= 15 is 0 Å². The average Bonchev–Trinajstić information content (AvgIpc) is 2.71. The molecule has 0 aliphatic rings. The molecule has 1 aromatic heterocycles. The number of aromatic nitrogens is 2. The summed E-state index contributed by atoms with van der Waals surface area (Å²) in [6.07, 6.45) is 8.45. The van der Waals surface area contributed by atoms with Gasteiger partial charge in [0.15, 0.2) is 0 Å². The summed E-state index contributed by atoms with van der Waals surface area (Å²) in [6.45, 7) is 6.44. The molecule has 1 N–H and O–H groups in total. The van der Waals surface area contributed by atoms with Gasteiger partial charge < -0.3 is 9.88 Å². The topological polar surface area (TPSA) is 29.9 Å². The maximum atomic E-state index is 4.31. The summed E-state index contributed by atoms with van der Waals surface area (Å²) in [5.41, 5.74) is 0. The number of imidazole rings is 1. The number of thioether (sulfide) groups is 1. The van der Waals surface area contributed by atoms with Crippen molar-refractivity contribution in [1.82, 2.24) is 14.9 Å². The zero-order valence-corrected chi connectivity index (χ0v) is 11.6. The van der Waals surface area contributed by atoms with Gasteiger partial charge in [0.05, 0.1) is 6.54 Å². The monoisotopic (exact) mass is 241 g/mol. The highest BCUT2D eigenvalue weighted by Crippen LogP contribution is 2.29. The Morgan fingerprint density at radius 3 is 2.56 bits per heavy atom. The van der Waals surface area contributed by atoms with Crippen molar-refractivity contribution in [3.63, 3.8) is 0 Å². The third-order valence-corrected chi connectivity index (χ3v) is 4.96. The Labute approximate surface area is 103 Å². The van der Waals surface area contributed by atoms with Crippen LogP contribution < -0.4 is 5.32 Å². The number of hydrogen-bond donors (Lipinski definition) is 1. The summed E-state index contributed by atoms with van der Waals surface area (Å²) in [7, 11) is 2.03. The molecule has 4 heteroatoms. The smallest absolute Gasteiger partial charge is 0.122 e. The van der Waals surface area contributed by atoms with Gasteiger partial charge in [-0.15, -0.1) is 0 Å². The van der Waals surface area contributed by atoms with E-state index in [1.165, 1.54) is 12.8 Å². The lowest BCUT2D eigenvalue weighted by molar-refractivity contribution is 0.487. The van der Waals surface area contributed by atoms with Gasteiger partial charge in [0, 0.05) is 30.7 Å². The normalized spacial score (nSPS) is 12.0. The SMILES string of the molecule is CCC(CC)(CNCc1nccn1C)SC. The molecule has 0 bridgehead atoms. The molecular weight excluding hydrogens is 218 g/mol. The van der Waals surface area contributed by atoms with E-state index in [9.17, 15) is 0 Å². The minimum absolute atomic E-state index is 0.380. The van der Waals surface area contributed by atoms with E-state index in [1.54, 1.807) is 0 Å². The van der Waals surface area contributed by atoms with Gasteiger partial charge in [0.2, 0.25) is 0 Å². The zero-order chi connectivity index (χ0) is 12.0. The fourth-order valence-corrected chi connectivity index (χ4v) is 2.65. The number of hydrogen-bond acceptors (Lipinski definition) is 3. The molecule has 0 aliphatic carbocycles. The summed E-state index contributed by atoms with van der Waals surface area (Å²) >= 11 is 1.97. The summed E-state index contributed by atoms with van der Waals surface area (Å²) in [5.74, 6) is 1.10. The van der Waals surface area contributed by atoms with Crippen LogP contribution in [-0.4, -0.2) is 27.1 Å². The highest BCUT2D eigenvalue weighted by Gasteiger charge is 2.24. The Bertz CT molecular complexity index is 297. The second-order valence-corrected chi connectivity index (χ2v) is 5.43. The van der Waals surface area contributed by atoms with Gasteiger partial charge in [-0.1, -0.05) is 13.8 Å². The molecule has 1 heterocycles. The van der Waals surface area contributed by atoms with Gasteiger partial charge in [-0.25, -0.2) is 4.98 Å². The van der Waals surface area contributed by atoms with E-state index < -0.39 is 0 Å². The van der Waals surface area contributed by atoms with Gasteiger partial charge >= 0.3 is 0 Å². The molecule has 0 radical (unpaired) electrons. The van der Waals surface area contributed by atoms with E-state index in [0.717, 1.165) is 18.9 Å². The maximum absolute atomic E-state index is 4.31. The molecule has 0 amide bonds. The lowest BCUT2D eigenvalue weighted by atomic mass is 10.0. The highest BCUT2D eigenvalue weighted by molar-refractivity contribution is 8.00. The molecule has 3 nitrogen and oxygen atoms in total. The molecule has 16 heavy (non-hydrogen) atoms. The Hall–Kier alpha value is -0.480. The minimum Gasteiger partial charge on any atom is -0.337 e. The average molecular weight is 241 g/mol. The van der Waals surface area contributed by atoms with E-state index in [1.807, 2.05) is 31.2 Å². The number of nitrogens with zero attached hydrogens (tertiary/aromatic N) is 2. The van der Waals surface area contributed by atoms with Gasteiger partial charge in [-0.2, -0.15) is 11.8 Å². The lowest BCUT2D eigenvalue weighted by Gasteiger charge is -2.29. The van der Waals surface area contributed by atoms with E-state index in [2.05, 4.69) is 35.0 Å². The van der Waals surface area contributed by atoms with Crippen LogP contribution in [0.15, 0.2) is 12.4 Å². The Balaban J connectivity index is 2.42. The largest absolute Gasteiger partial charge is 0.337 e. The van der Waals surface area contributed by atoms with Crippen LogP contribution in [0.4, 0.5) is 0 Å². The second-order valence-electron chi connectivity index (χ2n) is 4.15. The fourth-order valence-electron chi connectivity index (χ4n) is 1.83. The molecule has 0 unspecified atom stereocenters. The van der Waals surface area contributed by atoms with Crippen molar-refractivity contribution in [3.8, 4) is 0 Å². The summed E-state index contributed by atoms with van der Waals surface area (Å²) in [5, 5.41) is 3.52. The van der Waals surface area contributed by atoms with Crippen LogP contribution in [0.3, 0.4) is 0 Å². The van der Waals surface area contributed by atoms with Crippen LogP contribution in [0.5, 0.6) is 0 Å². The third kappa shape index (κ3) is 3.25. The van der Waals surface area contributed by atoms with Crippen molar-refractivity contribution in [3.05, 3.63) is 18.2 Å². The Morgan fingerprint density at radius 1 is 1.44 bits per heavy atom.